The number of nitrogens with zero attached hydrogens (tertiary/aromatic N) is 2. The summed E-state index contributed by atoms with van der Waals surface area (Å²) in [7, 11) is 0. The van der Waals surface area contributed by atoms with Gasteiger partial charge in [0.1, 0.15) is 5.82 Å². The van der Waals surface area contributed by atoms with Gasteiger partial charge in [0.25, 0.3) is 0 Å². The molecule has 0 atom stereocenters. The highest BCUT2D eigenvalue weighted by molar-refractivity contribution is 5.66. The first kappa shape index (κ1) is 9.72. The Morgan fingerprint density at radius 1 is 1.00 bits per heavy atom. The summed E-state index contributed by atoms with van der Waals surface area (Å²) in [4.78, 5) is 4.40. The largest absolute Gasteiger partial charge is 0.399 e. The molecule has 2 aromatic heterocycles. The van der Waals surface area contributed by atoms with Crippen LogP contribution in [0, 0.1) is 0 Å². The Morgan fingerprint density at radius 2 is 1.88 bits per heavy atom. The van der Waals surface area contributed by atoms with Crippen molar-refractivity contribution < 1.29 is 0 Å². The van der Waals surface area contributed by atoms with Crippen molar-refractivity contribution in [1.29, 1.82) is 0 Å². The quantitative estimate of drug-likeness (QED) is 0.622. The highest BCUT2D eigenvalue weighted by atomic mass is 15.0. The molecule has 1 aromatic carbocycles. The van der Waals surface area contributed by atoms with E-state index < -0.39 is 0 Å². The lowest BCUT2D eigenvalue weighted by Crippen LogP contribution is -1.93. The predicted molar refractivity (Wildman–Crippen MR) is 69.5 cm³/mol. The molecule has 3 rings (SSSR count). The minimum absolute atomic E-state index is 0.709. The van der Waals surface area contributed by atoms with Gasteiger partial charge in [-0.25, -0.2) is 4.98 Å². The van der Waals surface area contributed by atoms with Crippen LogP contribution in [-0.2, 0) is 0 Å². The number of imidazole rings is 1. The summed E-state index contributed by atoms with van der Waals surface area (Å²) in [6.07, 6.45) is 3.68. The van der Waals surface area contributed by atoms with Gasteiger partial charge in [-0.05, 0) is 24.3 Å². The van der Waals surface area contributed by atoms with Crippen molar-refractivity contribution in [1.82, 2.24) is 9.38 Å². The number of benzene rings is 1. The Hall–Kier alpha value is -2.49. The monoisotopic (exact) mass is 224 g/mol. The second-order valence-corrected chi connectivity index (χ2v) is 3.96. The molecule has 17 heavy (non-hydrogen) atoms. The average Bonchev–Trinajstić information content (AvgIpc) is 2.71. The van der Waals surface area contributed by atoms with Crippen LogP contribution in [0.1, 0.15) is 0 Å². The Kier molecular flexibility index (Phi) is 2.01. The normalized spacial score (nSPS) is 10.8. The van der Waals surface area contributed by atoms with E-state index in [2.05, 4.69) is 4.98 Å². The molecule has 0 unspecified atom stereocenters. The molecule has 0 saturated heterocycles. The van der Waals surface area contributed by atoms with Gasteiger partial charge in [0, 0.05) is 23.1 Å². The lowest BCUT2D eigenvalue weighted by Gasteiger charge is -2.03. The fraction of sp³-hybridized carbons (Fsp3) is 0. The van der Waals surface area contributed by atoms with E-state index in [1.807, 2.05) is 53.2 Å². The number of nitrogens with two attached hydrogens (primary N) is 2. The number of hydrogen-bond acceptors (Lipinski definition) is 3. The zero-order chi connectivity index (χ0) is 11.8. The molecule has 0 bridgehead atoms. The van der Waals surface area contributed by atoms with E-state index in [4.69, 9.17) is 11.5 Å². The summed E-state index contributed by atoms with van der Waals surface area (Å²) in [5, 5.41) is 0. The molecule has 4 heteroatoms. The van der Waals surface area contributed by atoms with Crippen LogP contribution in [0.5, 0.6) is 0 Å². The number of pyridine rings is 1. The molecule has 4 N–H and O–H groups in total. The minimum Gasteiger partial charge on any atom is -0.399 e. The third-order valence-corrected chi connectivity index (χ3v) is 2.70. The van der Waals surface area contributed by atoms with Crippen molar-refractivity contribution in [2.75, 3.05) is 11.5 Å². The highest BCUT2D eigenvalue weighted by Gasteiger charge is 2.06. The van der Waals surface area contributed by atoms with E-state index in [0.29, 0.717) is 5.69 Å². The van der Waals surface area contributed by atoms with Gasteiger partial charge in [-0.2, -0.15) is 0 Å². The molecule has 0 aliphatic carbocycles. The minimum atomic E-state index is 0.709. The van der Waals surface area contributed by atoms with E-state index in [1.54, 1.807) is 0 Å². The smallest absolute Gasteiger partial charge is 0.144 e. The van der Waals surface area contributed by atoms with Crippen molar-refractivity contribution in [2.24, 2.45) is 0 Å². The first-order valence-corrected chi connectivity index (χ1v) is 5.32. The van der Waals surface area contributed by atoms with Gasteiger partial charge in [-0.1, -0.05) is 12.1 Å². The van der Waals surface area contributed by atoms with Crippen LogP contribution >= 0.6 is 0 Å². The van der Waals surface area contributed by atoms with Crippen molar-refractivity contribution >= 4 is 16.9 Å². The number of anilines is 2. The number of hydrogen-bond donors (Lipinski definition) is 2. The van der Waals surface area contributed by atoms with Gasteiger partial charge in [0.15, 0.2) is 0 Å². The van der Waals surface area contributed by atoms with Crippen LogP contribution in [0.15, 0.2) is 48.8 Å². The van der Waals surface area contributed by atoms with E-state index in [-0.39, 0.29) is 0 Å². The lowest BCUT2D eigenvalue weighted by molar-refractivity contribution is 1.17. The lowest BCUT2D eigenvalue weighted by atomic mass is 10.2. The van der Waals surface area contributed by atoms with E-state index in [1.165, 1.54) is 0 Å². The third-order valence-electron chi connectivity index (χ3n) is 2.70. The molecule has 0 saturated carbocycles. The molecule has 3 aromatic rings. The molecular weight excluding hydrogens is 212 g/mol. The van der Waals surface area contributed by atoms with Crippen molar-refractivity contribution in [3.8, 4) is 11.4 Å². The molecular formula is C13H12N4. The zero-order valence-electron chi connectivity index (χ0n) is 9.17. The summed E-state index contributed by atoms with van der Waals surface area (Å²) in [5.41, 5.74) is 15.0. The number of nitrogen functional groups attached to an aromatic ring is 2. The maximum Gasteiger partial charge on any atom is 0.144 e. The van der Waals surface area contributed by atoms with Crippen LogP contribution in [-0.4, -0.2) is 9.38 Å². The Balaban J connectivity index is 2.27. The second kappa shape index (κ2) is 3.52. The summed E-state index contributed by atoms with van der Waals surface area (Å²) in [6.45, 7) is 0. The molecule has 2 heterocycles. The zero-order valence-corrected chi connectivity index (χ0v) is 9.17. The topological polar surface area (TPSA) is 69.3 Å². The fourth-order valence-electron chi connectivity index (χ4n) is 1.90. The van der Waals surface area contributed by atoms with Crippen molar-refractivity contribution in [2.45, 2.75) is 0 Å². The summed E-state index contributed by atoms with van der Waals surface area (Å²) >= 11 is 0. The summed E-state index contributed by atoms with van der Waals surface area (Å²) in [5.74, 6) is 0.847. The van der Waals surface area contributed by atoms with Crippen molar-refractivity contribution in [3.05, 3.63) is 48.8 Å². The number of aromatic nitrogens is 2. The summed E-state index contributed by atoms with van der Waals surface area (Å²) < 4.78 is 1.96. The molecule has 0 aliphatic rings. The molecule has 0 amide bonds. The standard InChI is InChI=1S/C13H12N4/c14-10-3-1-2-9(6-10)13-16-7-12-5-4-11(15)8-17(12)13/h1-8H,14-15H2. The third kappa shape index (κ3) is 1.59. The summed E-state index contributed by atoms with van der Waals surface area (Å²) in [6, 6.07) is 11.5. The number of rotatable bonds is 1. The van der Waals surface area contributed by atoms with Crippen LogP contribution in [0.3, 0.4) is 0 Å². The van der Waals surface area contributed by atoms with Crippen molar-refractivity contribution in [3.63, 3.8) is 0 Å². The van der Waals surface area contributed by atoms with Gasteiger partial charge in [-0.15, -0.1) is 0 Å². The molecule has 84 valence electrons. The van der Waals surface area contributed by atoms with Crippen LogP contribution in [0.2, 0.25) is 0 Å². The molecule has 0 spiro atoms. The molecule has 0 aliphatic heterocycles. The Labute approximate surface area is 98.5 Å². The van der Waals surface area contributed by atoms with E-state index in [0.717, 1.165) is 22.6 Å². The predicted octanol–water partition coefficient (Wildman–Crippen LogP) is 2.17. The van der Waals surface area contributed by atoms with Gasteiger partial charge < -0.3 is 11.5 Å². The van der Waals surface area contributed by atoms with Crippen LogP contribution < -0.4 is 11.5 Å². The van der Waals surface area contributed by atoms with Gasteiger partial charge >= 0.3 is 0 Å². The Bertz CT molecular complexity index is 685. The van der Waals surface area contributed by atoms with E-state index in [9.17, 15) is 0 Å². The molecule has 0 fully saturated rings. The Morgan fingerprint density at radius 3 is 2.71 bits per heavy atom. The average molecular weight is 224 g/mol. The SMILES string of the molecule is Nc1cccc(-c2ncc3ccc(N)cn23)c1. The van der Waals surface area contributed by atoms with Gasteiger partial charge in [0.2, 0.25) is 0 Å². The second-order valence-electron chi connectivity index (χ2n) is 3.96. The first-order chi connectivity index (χ1) is 8.24. The molecule has 0 radical (unpaired) electrons. The van der Waals surface area contributed by atoms with Gasteiger partial charge in [0.05, 0.1) is 11.7 Å². The fourth-order valence-corrected chi connectivity index (χ4v) is 1.90. The molecule has 4 nitrogen and oxygen atoms in total. The first-order valence-electron chi connectivity index (χ1n) is 5.32. The van der Waals surface area contributed by atoms with Crippen LogP contribution in [0.25, 0.3) is 16.9 Å². The maximum absolute atomic E-state index is 5.79. The highest BCUT2D eigenvalue weighted by Crippen LogP contribution is 2.22. The van der Waals surface area contributed by atoms with E-state index >= 15 is 0 Å². The number of fused-ring (bicyclic) bond motifs is 1. The van der Waals surface area contributed by atoms with Crippen LogP contribution in [0.4, 0.5) is 11.4 Å². The van der Waals surface area contributed by atoms with Gasteiger partial charge in [-0.3, -0.25) is 4.40 Å². The maximum atomic E-state index is 5.79.